The van der Waals surface area contributed by atoms with Crippen LogP contribution in [0.4, 0.5) is 5.69 Å². The van der Waals surface area contributed by atoms with Crippen molar-refractivity contribution in [3.63, 3.8) is 0 Å². The van der Waals surface area contributed by atoms with Crippen molar-refractivity contribution in [3.05, 3.63) is 114 Å². The number of allylic oxidation sites excluding steroid dienone is 1. The summed E-state index contributed by atoms with van der Waals surface area (Å²) in [5.74, 6) is 0. The number of para-hydroxylation sites is 1. The Bertz CT molecular complexity index is 941. The van der Waals surface area contributed by atoms with E-state index in [4.69, 9.17) is 5.10 Å². The van der Waals surface area contributed by atoms with Gasteiger partial charge in [-0.15, -0.1) is 0 Å². The molecule has 2 nitrogen and oxygen atoms in total. The Morgan fingerprint density at radius 3 is 1.85 bits per heavy atom. The number of benzene rings is 3. The Morgan fingerprint density at radius 1 is 0.667 bits per heavy atom. The molecule has 0 spiro atoms. The lowest BCUT2D eigenvalue weighted by molar-refractivity contribution is 0.791. The zero-order chi connectivity index (χ0) is 18.3. The summed E-state index contributed by atoms with van der Waals surface area (Å²) in [5.41, 5.74) is 4.60. The van der Waals surface area contributed by atoms with Crippen LogP contribution in [0.25, 0.3) is 12.2 Å². The van der Waals surface area contributed by atoms with Crippen molar-refractivity contribution >= 4 is 23.6 Å². The molecular weight excluding hydrogens is 328 g/mol. The second-order valence-electron chi connectivity index (χ2n) is 6.56. The summed E-state index contributed by atoms with van der Waals surface area (Å²) >= 11 is 0. The minimum Gasteiger partial charge on any atom is -0.258 e. The summed E-state index contributed by atoms with van der Waals surface area (Å²) in [6.07, 6.45) is 9.57. The Labute approximate surface area is 160 Å². The second kappa shape index (κ2) is 8.33. The highest BCUT2D eigenvalue weighted by atomic mass is 15.5. The monoisotopic (exact) mass is 350 g/mol. The van der Waals surface area contributed by atoms with Crippen molar-refractivity contribution in [2.24, 2.45) is 5.10 Å². The summed E-state index contributed by atoms with van der Waals surface area (Å²) in [6.45, 7) is 0. The van der Waals surface area contributed by atoms with E-state index in [1.165, 1.54) is 11.1 Å². The molecule has 4 rings (SSSR count). The highest BCUT2D eigenvalue weighted by molar-refractivity contribution is 6.01. The fourth-order valence-electron chi connectivity index (χ4n) is 3.18. The molecule has 0 aromatic heterocycles. The molecule has 2 heteroatoms. The number of anilines is 1. The van der Waals surface area contributed by atoms with E-state index in [2.05, 4.69) is 102 Å². The molecule has 0 N–H and O–H groups in total. The SMILES string of the molecule is C(=Cc1ccccc1)C1=NN(c2ccccc2)C(C=Cc2ccccc2)C1. The second-order valence-corrected chi connectivity index (χ2v) is 6.56. The first-order valence-corrected chi connectivity index (χ1v) is 9.27. The summed E-state index contributed by atoms with van der Waals surface area (Å²) in [5, 5.41) is 6.99. The molecule has 1 heterocycles. The van der Waals surface area contributed by atoms with E-state index in [0.717, 1.165) is 17.8 Å². The molecule has 1 aliphatic rings. The van der Waals surface area contributed by atoms with Gasteiger partial charge in [0.1, 0.15) is 0 Å². The number of hydrogen-bond donors (Lipinski definition) is 0. The van der Waals surface area contributed by atoms with Crippen LogP contribution in [0, 0.1) is 0 Å². The van der Waals surface area contributed by atoms with Crippen LogP contribution >= 0.6 is 0 Å². The molecule has 0 fully saturated rings. The van der Waals surface area contributed by atoms with Gasteiger partial charge in [-0.25, -0.2) is 0 Å². The molecule has 0 saturated heterocycles. The van der Waals surface area contributed by atoms with E-state index < -0.39 is 0 Å². The van der Waals surface area contributed by atoms with Gasteiger partial charge in [0, 0.05) is 6.42 Å². The van der Waals surface area contributed by atoms with Crippen LogP contribution in [0.3, 0.4) is 0 Å². The van der Waals surface area contributed by atoms with Gasteiger partial charge in [0.2, 0.25) is 0 Å². The van der Waals surface area contributed by atoms with Crippen LogP contribution in [0.2, 0.25) is 0 Å². The summed E-state index contributed by atoms with van der Waals surface area (Å²) in [4.78, 5) is 0. The highest BCUT2D eigenvalue weighted by Crippen LogP contribution is 2.26. The smallest absolute Gasteiger partial charge is 0.0765 e. The van der Waals surface area contributed by atoms with Gasteiger partial charge in [0.05, 0.1) is 17.4 Å². The standard InChI is InChI=1S/C25H22N2/c1-4-10-21(11-5-1)16-18-23-20-25(19-17-22-12-6-2-7-13-22)27(26-23)24-14-8-3-9-15-24/h1-19,25H,20H2. The Hall–Kier alpha value is -3.39. The van der Waals surface area contributed by atoms with Crippen molar-refractivity contribution in [1.82, 2.24) is 0 Å². The van der Waals surface area contributed by atoms with Gasteiger partial charge in [0.25, 0.3) is 0 Å². The van der Waals surface area contributed by atoms with Crippen LogP contribution in [-0.2, 0) is 0 Å². The maximum absolute atomic E-state index is 4.88. The predicted octanol–water partition coefficient (Wildman–Crippen LogP) is 6.05. The number of hydrazone groups is 1. The lowest BCUT2D eigenvalue weighted by atomic mass is 10.1. The molecule has 3 aromatic rings. The first-order chi connectivity index (χ1) is 13.4. The van der Waals surface area contributed by atoms with E-state index in [0.29, 0.717) is 0 Å². The number of nitrogens with zero attached hydrogens (tertiary/aromatic N) is 2. The normalized spacial score (nSPS) is 17.0. The van der Waals surface area contributed by atoms with E-state index in [9.17, 15) is 0 Å². The Balaban J connectivity index is 1.57. The van der Waals surface area contributed by atoms with Gasteiger partial charge < -0.3 is 0 Å². The predicted molar refractivity (Wildman–Crippen MR) is 116 cm³/mol. The highest BCUT2D eigenvalue weighted by Gasteiger charge is 2.24. The third-order valence-corrected chi connectivity index (χ3v) is 4.57. The van der Waals surface area contributed by atoms with Crippen LogP contribution in [-0.4, -0.2) is 11.8 Å². The average molecular weight is 350 g/mol. The van der Waals surface area contributed by atoms with Gasteiger partial charge in [-0.2, -0.15) is 5.10 Å². The maximum atomic E-state index is 4.88. The summed E-state index contributed by atoms with van der Waals surface area (Å²) < 4.78 is 0. The third-order valence-electron chi connectivity index (χ3n) is 4.57. The Kier molecular flexibility index (Phi) is 5.26. The number of hydrogen-bond acceptors (Lipinski definition) is 2. The molecule has 0 radical (unpaired) electrons. The lowest BCUT2D eigenvalue weighted by Gasteiger charge is -2.20. The fraction of sp³-hybridized carbons (Fsp3) is 0.0800. The summed E-state index contributed by atoms with van der Waals surface area (Å²) in [6, 6.07) is 31.3. The molecule has 0 saturated carbocycles. The van der Waals surface area contributed by atoms with Gasteiger partial charge in [-0.3, -0.25) is 5.01 Å². The Morgan fingerprint density at radius 2 is 1.22 bits per heavy atom. The minimum atomic E-state index is 0.211. The molecule has 1 unspecified atom stereocenters. The van der Waals surface area contributed by atoms with Crippen LogP contribution < -0.4 is 5.01 Å². The number of rotatable bonds is 5. The molecule has 0 amide bonds. The molecule has 0 bridgehead atoms. The molecule has 0 aliphatic carbocycles. The minimum absolute atomic E-state index is 0.211. The molecule has 27 heavy (non-hydrogen) atoms. The van der Waals surface area contributed by atoms with E-state index in [-0.39, 0.29) is 6.04 Å². The van der Waals surface area contributed by atoms with Gasteiger partial charge in [-0.05, 0) is 29.3 Å². The van der Waals surface area contributed by atoms with Crippen molar-refractivity contribution in [3.8, 4) is 0 Å². The van der Waals surface area contributed by atoms with E-state index >= 15 is 0 Å². The van der Waals surface area contributed by atoms with E-state index in [1.807, 2.05) is 18.2 Å². The van der Waals surface area contributed by atoms with Crippen molar-refractivity contribution in [2.45, 2.75) is 12.5 Å². The van der Waals surface area contributed by atoms with Crippen molar-refractivity contribution < 1.29 is 0 Å². The molecule has 1 atom stereocenters. The molecule has 132 valence electrons. The molecule has 1 aliphatic heterocycles. The van der Waals surface area contributed by atoms with Crippen LogP contribution in [0.15, 0.2) is 108 Å². The zero-order valence-electron chi connectivity index (χ0n) is 15.1. The molecule has 3 aromatic carbocycles. The largest absolute Gasteiger partial charge is 0.258 e. The van der Waals surface area contributed by atoms with Gasteiger partial charge >= 0.3 is 0 Å². The third kappa shape index (κ3) is 4.42. The lowest BCUT2D eigenvalue weighted by Crippen LogP contribution is -2.23. The van der Waals surface area contributed by atoms with Crippen molar-refractivity contribution in [1.29, 1.82) is 0 Å². The van der Waals surface area contributed by atoms with Gasteiger partial charge in [0.15, 0.2) is 0 Å². The van der Waals surface area contributed by atoms with Crippen LogP contribution in [0.5, 0.6) is 0 Å². The first kappa shape index (κ1) is 17.0. The quantitative estimate of drug-likeness (QED) is 0.547. The average Bonchev–Trinajstić information content (AvgIpc) is 3.16. The van der Waals surface area contributed by atoms with E-state index in [1.54, 1.807) is 0 Å². The maximum Gasteiger partial charge on any atom is 0.0765 e. The zero-order valence-corrected chi connectivity index (χ0v) is 15.1. The summed E-state index contributed by atoms with van der Waals surface area (Å²) in [7, 11) is 0. The van der Waals surface area contributed by atoms with Crippen LogP contribution in [0.1, 0.15) is 17.5 Å². The molecular formula is C25H22N2. The van der Waals surface area contributed by atoms with Crippen molar-refractivity contribution in [2.75, 3.05) is 5.01 Å². The van der Waals surface area contributed by atoms with Gasteiger partial charge in [-0.1, -0.05) is 97.1 Å². The first-order valence-electron chi connectivity index (χ1n) is 9.27. The fourth-order valence-corrected chi connectivity index (χ4v) is 3.18. The topological polar surface area (TPSA) is 15.6 Å².